The van der Waals surface area contributed by atoms with Gasteiger partial charge in [-0.2, -0.15) is 0 Å². The fourth-order valence-corrected chi connectivity index (χ4v) is 4.73. The fourth-order valence-electron chi connectivity index (χ4n) is 4.60. The molecule has 0 bridgehead atoms. The lowest BCUT2D eigenvalue weighted by atomic mass is 10.0. The van der Waals surface area contributed by atoms with E-state index in [1.165, 1.54) is 12.1 Å². The average molecular weight is 718 g/mol. The lowest BCUT2D eigenvalue weighted by Gasteiger charge is -2.24. The van der Waals surface area contributed by atoms with Crippen molar-refractivity contribution < 1.29 is 43.8 Å². The Morgan fingerprint density at radius 1 is 0.755 bits per heavy atom. The largest absolute Gasteiger partial charge is 0.480 e. The molecule has 4 atom stereocenters. The molecule has 0 saturated carbocycles. The van der Waals surface area contributed by atoms with E-state index in [1.54, 1.807) is 60.7 Å². The number of nitrogens with one attached hydrogen (secondary N) is 3. The van der Waals surface area contributed by atoms with Crippen molar-refractivity contribution in [1.29, 1.82) is 0 Å². The minimum atomic E-state index is -1.52. The number of rotatable bonds is 18. The smallest absolute Gasteiger partial charge is 0.326 e. The maximum atomic E-state index is 13.3. The Balaban J connectivity index is 1.62. The van der Waals surface area contributed by atoms with Gasteiger partial charge in [-0.3, -0.25) is 29.3 Å². The molecule has 49 heavy (non-hydrogen) atoms. The number of carbonyl (C=O) groups excluding carboxylic acids is 4. The van der Waals surface area contributed by atoms with Crippen LogP contribution in [0.5, 0.6) is 0 Å². The molecule has 5 N–H and O–H groups in total. The zero-order valence-corrected chi connectivity index (χ0v) is 27.4. The predicted octanol–water partition coefficient (Wildman–Crippen LogP) is 2.78. The highest BCUT2D eigenvalue weighted by Crippen LogP contribution is 2.21. The number of carboxylic acid groups (broad SMARTS) is 1. The van der Waals surface area contributed by atoms with E-state index in [2.05, 4.69) is 16.0 Å². The summed E-state index contributed by atoms with van der Waals surface area (Å²) in [5.74, 6) is -4.49. The number of amides is 3. The highest BCUT2D eigenvalue weighted by Gasteiger charge is 2.29. The molecule has 0 aliphatic rings. The van der Waals surface area contributed by atoms with Crippen molar-refractivity contribution in [1.82, 2.24) is 16.0 Å². The number of carbonyl (C=O) groups is 5. The second-order valence-electron chi connectivity index (χ2n) is 10.8. The van der Waals surface area contributed by atoms with Crippen LogP contribution in [0.1, 0.15) is 35.6 Å². The van der Waals surface area contributed by atoms with Gasteiger partial charge >= 0.3 is 11.9 Å². The van der Waals surface area contributed by atoms with Crippen molar-refractivity contribution in [2.45, 2.75) is 54.7 Å². The number of halogens is 2. The number of nitro benzene ring substituents is 1. The van der Waals surface area contributed by atoms with E-state index in [1.807, 2.05) is 0 Å². The van der Waals surface area contributed by atoms with Crippen LogP contribution < -0.4 is 16.0 Å². The van der Waals surface area contributed by atoms with Gasteiger partial charge in [0.2, 0.25) is 11.8 Å². The molecule has 0 radical (unpaired) electrons. The van der Waals surface area contributed by atoms with E-state index in [0.29, 0.717) is 11.1 Å². The van der Waals surface area contributed by atoms with E-state index in [9.17, 15) is 44.3 Å². The van der Waals surface area contributed by atoms with Gasteiger partial charge in [0.15, 0.2) is 4.84 Å². The maximum absolute atomic E-state index is 13.3. The summed E-state index contributed by atoms with van der Waals surface area (Å²) in [7, 11) is 0. The molecule has 16 heteroatoms. The third kappa shape index (κ3) is 12.8. The fraction of sp³-hybridized carbons (Fsp3) is 0.303. The molecule has 0 aliphatic carbocycles. The van der Waals surface area contributed by atoms with Gasteiger partial charge in [-0.05, 0) is 28.8 Å². The minimum Gasteiger partial charge on any atom is -0.480 e. The van der Waals surface area contributed by atoms with E-state index in [0.717, 1.165) is 12.1 Å². The number of ether oxygens (including phenoxy) is 1. The van der Waals surface area contributed by atoms with E-state index >= 15 is 0 Å². The topological polar surface area (TPSA) is 214 Å². The molecular formula is C33H34Cl2N4O10. The number of esters is 1. The molecular weight excluding hydrogens is 683 g/mol. The van der Waals surface area contributed by atoms with Crippen LogP contribution in [0.4, 0.5) is 5.69 Å². The third-order valence-corrected chi connectivity index (χ3v) is 7.56. The number of hydrogen-bond donors (Lipinski definition) is 5. The van der Waals surface area contributed by atoms with Gasteiger partial charge in [0.1, 0.15) is 24.8 Å². The van der Waals surface area contributed by atoms with Crippen LogP contribution in [-0.4, -0.2) is 74.4 Å². The average Bonchev–Trinajstić information content (AvgIpc) is 3.08. The quantitative estimate of drug-likeness (QED) is 0.0562. The van der Waals surface area contributed by atoms with Crippen LogP contribution in [0.2, 0.25) is 0 Å². The molecule has 0 aliphatic heterocycles. The van der Waals surface area contributed by atoms with Gasteiger partial charge in [0, 0.05) is 31.4 Å². The zero-order chi connectivity index (χ0) is 35.9. The number of hydrogen-bond acceptors (Lipinski definition) is 9. The maximum Gasteiger partial charge on any atom is 0.326 e. The first-order valence-electron chi connectivity index (χ1n) is 14.9. The molecule has 3 amide bonds. The predicted molar refractivity (Wildman–Crippen MR) is 177 cm³/mol. The molecule has 3 rings (SSSR count). The minimum absolute atomic E-state index is 0.0105. The molecule has 0 unspecified atom stereocenters. The Kier molecular flexibility index (Phi) is 14.9. The summed E-state index contributed by atoms with van der Waals surface area (Å²) in [5, 5.41) is 38.9. The number of alkyl halides is 2. The van der Waals surface area contributed by atoms with Gasteiger partial charge in [0.05, 0.1) is 17.4 Å². The lowest BCUT2D eigenvalue weighted by Crippen LogP contribution is -2.53. The molecule has 3 aromatic rings. The van der Waals surface area contributed by atoms with E-state index in [4.69, 9.17) is 27.9 Å². The van der Waals surface area contributed by atoms with E-state index in [-0.39, 0.29) is 24.1 Å². The van der Waals surface area contributed by atoms with Crippen molar-refractivity contribution in [2.24, 2.45) is 0 Å². The number of nitro groups is 1. The zero-order valence-electron chi connectivity index (χ0n) is 25.9. The molecule has 14 nitrogen and oxygen atoms in total. The second-order valence-corrected chi connectivity index (χ2v) is 11.9. The summed E-state index contributed by atoms with van der Waals surface area (Å²) < 4.78 is 5.19. The molecule has 0 heterocycles. The van der Waals surface area contributed by atoms with Gasteiger partial charge < -0.3 is 30.9 Å². The Hall–Kier alpha value is -5.05. The van der Waals surface area contributed by atoms with Crippen LogP contribution >= 0.6 is 23.2 Å². The van der Waals surface area contributed by atoms with Crippen LogP contribution in [0, 0.1) is 10.1 Å². The Morgan fingerprint density at radius 2 is 1.31 bits per heavy atom. The Labute approximate surface area is 290 Å². The summed E-state index contributed by atoms with van der Waals surface area (Å²) in [6, 6.07) is 18.5. The number of aliphatic carboxylic acids is 1. The van der Waals surface area contributed by atoms with Gasteiger partial charge in [-0.15, -0.1) is 0 Å². The third-order valence-electron chi connectivity index (χ3n) is 7.16. The monoisotopic (exact) mass is 716 g/mol. The van der Waals surface area contributed by atoms with Crippen LogP contribution in [0.3, 0.4) is 0 Å². The number of carboxylic acids is 1. The lowest BCUT2D eigenvalue weighted by molar-refractivity contribution is -0.384. The number of non-ortho nitro benzene ring substituents is 1. The van der Waals surface area contributed by atoms with Gasteiger partial charge in [0.25, 0.3) is 11.6 Å². The summed E-state index contributed by atoms with van der Waals surface area (Å²) in [6.45, 7) is -0.581. The summed E-state index contributed by atoms with van der Waals surface area (Å²) in [5.41, 5.74) is 1.29. The summed E-state index contributed by atoms with van der Waals surface area (Å²) >= 11 is 11.2. The summed E-state index contributed by atoms with van der Waals surface area (Å²) in [6.07, 6.45) is -2.33. The van der Waals surface area contributed by atoms with Crippen LogP contribution in [-0.2, 0) is 41.6 Å². The Morgan fingerprint density at radius 3 is 1.82 bits per heavy atom. The second kappa shape index (κ2) is 19.1. The standard InChI is InChI=1S/C33H34Cl2N4O10/c34-30(35)32(44)38-26(29(42)22-11-13-23(14-12-22)39(47)48)19-49-28(41)16-15-27(40)36-24(17-20-7-3-1-4-8-20)31(43)37-25(33(45)46)18-21-9-5-2-6-10-21/h1-14,24-26,29-30,42H,15-19H2,(H,36,40)(H,37,43)(H,38,44)(H,45,46)/t24-,25-,26-,29-/m1/s1. The number of aliphatic hydroxyl groups is 1. The molecule has 260 valence electrons. The van der Waals surface area contributed by atoms with Crippen LogP contribution in [0.15, 0.2) is 84.9 Å². The van der Waals surface area contributed by atoms with Crippen molar-refractivity contribution in [3.63, 3.8) is 0 Å². The van der Waals surface area contributed by atoms with Gasteiger partial charge in [-0.25, -0.2) is 4.79 Å². The number of aliphatic hydroxyl groups excluding tert-OH is 1. The highest BCUT2D eigenvalue weighted by molar-refractivity contribution is 6.53. The van der Waals surface area contributed by atoms with E-state index < -0.39 is 83.1 Å². The number of nitrogens with zero attached hydrogens (tertiary/aromatic N) is 1. The number of benzene rings is 3. The van der Waals surface area contributed by atoms with Gasteiger partial charge in [-0.1, -0.05) is 83.9 Å². The summed E-state index contributed by atoms with van der Waals surface area (Å²) in [4.78, 5) is 71.7. The molecule has 0 saturated heterocycles. The van der Waals surface area contributed by atoms with Crippen molar-refractivity contribution in [3.8, 4) is 0 Å². The van der Waals surface area contributed by atoms with Crippen LogP contribution in [0.25, 0.3) is 0 Å². The first-order chi connectivity index (χ1) is 23.3. The van der Waals surface area contributed by atoms with Crippen molar-refractivity contribution in [2.75, 3.05) is 6.61 Å². The highest BCUT2D eigenvalue weighted by atomic mass is 35.5. The first kappa shape index (κ1) is 38.4. The Bertz CT molecular complexity index is 1590. The first-order valence-corrected chi connectivity index (χ1v) is 15.8. The SMILES string of the molecule is O=C(CCC(=O)OC[C@@H](NC(=O)C(Cl)Cl)[C@H](O)c1ccc([N+](=O)[O-])cc1)N[C@H](Cc1ccccc1)C(=O)N[C@H](Cc1ccccc1)C(=O)O. The molecule has 0 spiro atoms. The van der Waals surface area contributed by atoms with Crippen molar-refractivity contribution >= 4 is 58.5 Å². The normalized spacial score (nSPS) is 13.3. The van der Waals surface area contributed by atoms with Crippen molar-refractivity contribution in [3.05, 3.63) is 112 Å². The molecule has 3 aromatic carbocycles. The molecule has 0 aromatic heterocycles. The molecule has 0 fully saturated rings.